The molecule has 0 radical (unpaired) electrons. The van der Waals surface area contributed by atoms with E-state index in [9.17, 15) is 10.1 Å². The minimum Gasteiger partial charge on any atom is -0.471 e. The van der Waals surface area contributed by atoms with Crippen LogP contribution < -0.4 is 10.1 Å². The third kappa shape index (κ3) is 3.50. The Bertz CT molecular complexity index is 462. The van der Waals surface area contributed by atoms with Crippen LogP contribution in [0, 0.1) is 10.1 Å². The van der Waals surface area contributed by atoms with Gasteiger partial charge in [-0.2, -0.15) is 4.98 Å². The van der Waals surface area contributed by atoms with Gasteiger partial charge in [-0.1, -0.05) is 0 Å². The number of nitro groups is 1. The number of ether oxygens (including phenoxy) is 1. The van der Waals surface area contributed by atoms with Crippen LogP contribution in [-0.2, 0) is 0 Å². The van der Waals surface area contributed by atoms with E-state index in [2.05, 4.69) is 15.3 Å². The van der Waals surface area contributed by atoms with Gasteiger partial charge in [-0.05, 0) is 27.9 Å². The molecule has 0 unspecified atom stereocenters. The van der Waals surface area contributed by atoms with Gasteiger partial charge >= 0.3 is 5.69 Å². The Kier molecular flexibility index (Phi) is 4.60. The molecule has 8 heteroatoms. The molecule has 0 saturated carbocycles. The van der Waals surface area contributed by atoms with Crippen molar-refractivity contribution < 1.29 is 9.66 Å². The minimum absolute atomic E-state index is 0.0284. The van der Waals surface area contributed by atoms with Crippen LogP contribution in [0.4, 0.5) is 11.5 Å². The van der Waals surface area contributed by atoms with E-state index in [1.165, 1.54) is 6.33 Å². The summed E-state index contributed by atoms with van der Waals surface area (Å²) in [6, 6.07) is 0. The second-order valence-corrected chi connectivity index (χ2v) is 4.88. The average Bonchev–Trinajstić information content (AvgIpc) is 2.35. The Morgan fingerprint density at radius 2 is 2.11 bits per heavy atom. The van der Waals surface area contributed by atoms with Gasteiger partial charge in [-0.15, -0.1) is 0 Å². The van der Waals surface area contributed by atoms with Crippen LogP contribution in [0.2, 0.25) is 0 Å². The number of aromatic nitrogens is 2. The molecule has 0 bridgehead atoms. The highest BCUT2D eigenvalue weighted by molar-refractivity contribution is 5.60. The van der Waals surface area contributed by atoms with E-state index >= 15 is 0 Å². The lowest BCUT2D eigenvalue weighted by Gasteiger charge is -2.31. The molecule has 0 aliphatic heterocycles. The van der Waals surface area contributed by atoms with Gasteiger partial charge in [0.25, 0.3) is 5.88 Å². The molecular formula is C11H19N5O3. The van der Waals surface area contributed by atoms with Crippen LogP contribution in [0.5, 0.6) is 5.88 Å². The number of hydrogen-bond acceptors (Lipinski definition) is 7. The fraction of sp³-hybridized carbons (Fsp3) is 0.636. The lowest BCUT2D eigenvalue weighted by Crippen LogP contribution is -2.43. The number of likely N-dealkylation sites (N-methyl/N-ethyl adjacent to an activating group) is 1. The number of nitrogens with one attached hydrogen (secondary N) is 1. The molecule has 0 aromatic carbocycles. The van der Waals surface area contributed by atoms with Gasteiger partial charge < -0.3 is 15.0 Å². The Labute approximate surface area is 112 Å². The highest BCUT2D eigenvalue weighted by Gasteiger charge is 2.27. The van der Waals surface area contributed by atoms with Crippen LogP contribution in [0.1, 0.15) is 13.8 Å². The van der Waals surface area contributed by atoms with E-state index in [1.807, 2.05) is 32.8 Å². The van der Waals surface area contributed by atoms with E-state index in [0.717, 1.165) is 0 Å². The first-order valence-electron chi connectivity index (χ1n) is 5.77. The number of rotatable bonds is 6. The monoisotopic (exact) mass is 269 g/mol. The van der Waals surface area contributed by atoms with Crippen LogP contribution in [0.3, 0.4) is 0 Å². The molecule has 0 spiro atoms. The second-order valence-electron chi connectivity index (χ2n) is 4.88. The van der Waals surface area contributed by atoms with E-state index < -0.39 is 4.92 Å². The van der Waals surface area contributed by atoms with Crippen LogP contribution >= 0.6 is 0 Å². The normalized spacial score (nSPS) is 11.5. The van der Waals surface area contributed by atoms with E-state index in [-0.39, 0.29) is 29.5 Å². The average molecular weight is 269 g/mol. The largest absolute Gasteiger partial charge is 0.471 e. The van der Waals surface area contributed by atoms with Crippen molar-refractivity contribution in [2.45, 2.75) is 19.4 Å². The standard InChI is InChI=1S/C11H19N5O3/c1-11(2,15(4)5)6-19-10-8(16(17)18)9(12-3)13-7-14-10/h7H,6H2,1-5H3,(H,12,13,14). The van der Waals surface area contributed by atoms with Crippen molar-refractivity contribution in [3.05, 3.63) is 16.4 Å². The van der Waals surface area contributed by atoms with Crippen molar-refractivity contribution >= 4 is 11.5 Å². The van der Waals surface area contributed by atoms with Gasteiger partial charge in [0.2, 0.25) is 5.82 Å². The smallest absolute Gasteiger partial charge is 0.372 e. The van der Waals surface area contributed by atoms with Crippen molar-refractivity contribution in [1.82, 2.24) is 14.9 Å². The van der Waals surface area contributed by atoms with Crippen LogP contribution in [0.15, 0.2) is 6.33 Å². The van der Waals surface area contributed by atoms with Gasteiger partial charge in [-0.3, -0.25) is 10.1 Å². The van der Waals surface area contributed by atoms with Gasteiger partial charge in [0.05, 0.1) is 4.92 Å². The molecule has 1 rings (SSSR count). The summed E-state index contributed by atoms with van der Waals surface area (Å²) in [5.41, 5.74) is -0.516. The fourth-order valence-corrected chi connectivity index (χ4v) is 1.19. The first-order chi connectivity index (χ1) is 8.79. The molecule has 106 valence electrons. The molecule has 1 aromatic rings. The van der Waals surface area contributed by atoms with Gasteiger partial charge in [0.1, 0.15) is 12.9 Å². The lowest BCUT2D eigenvalue weighted by atomic mass is 10.1. The summed E-state index contributed by atoms with van der Waals surface area (Å²) in [6.07, 6.45) is 1.23. The fourth-order valence-electron chi connectivity index (χ4n) is 1.19. The Balaban J connectivity index is 2.99. The maximum absolute atomic E-state index is 11.1. The van der Waals surface area contributed by atoms with Gasteiger partial charge in [0, 0.05) is 12.6 Å². The molecule has 0 aliphatic carbocycles. The Hall–Kier alpha value is -1.96. The van der Waals surface area contributed by atoms with Crippen molar-refractivity contribution in [1.29, 1.82) is 0 Å². The zero-order valence-corrected chi connectivity index (χ0v) is 11.8. The van der Waals surface area contributed by atoms with E-state index in [0.29, 0.717) is 0 Å². The van der Waals surface area contributed by atoms with Gasteiger partial charge in [-0.25, -0.2) is 4.98 Å². The first-order valence-corrected chi connectivity index (χ1v) is 5.77. The maximum atomic E-state index is 11.1. The molecule has 19 heavy (non-hydrogen) atoms. The SMILES string of the molecule is CNc1ncnc(OCC(C)(C)N(C)C)c1[N+](=O)[O-]. The maximum Gasteiger partial charge on any atom is 0.372 e. The molecule has 1 aromatic heterocycles. The third-order valence-electron chi connectivity index (χ3n) is 2.98. The number of nitrogens with zero attached hydrogens (tertiary/aromatic N) is 4. The van der Waals surface area contributed by atoms with Crippen LogP contribution in [0.25, 0.3) is 0 Å². The minimum atomic E-state index is -0.552. The van der Waals surface area contributed by atoms with Crippen molar-refractivity contribution in [2.24, 2.45) is 0 Å². The molecule has 0 aliphatic rings. The second kappa shape index (κ2) is 5.79. The predicted octanol–water partition coefficient (Wildman–Crippen LogP) is 1.15. The quantitative estimate of drug-likeness (QED) is 0.611. The molecule has 0 fully saturated rings. The predicted molar refractivity (Wildman–Crippen MR) is 71.5 cm³/mol. The molecule has 1 N–H and O–H groups in total. The molecule has 1 heterocycles. The zero-order chi connectivity index (χ0) is 14.6. The summed E-state index contributed by atoms with van der Waals surface area (Å²) in [4.78, 5) is 20.1. The van der Waals surface area contributed by atoms with Crippen molar-refractivity contribution in [3.63, 3.8) is 0 Å². The summed E-state index contributed by atoms with van der Waals surface area (Å²) in [6.45, 7) is 4.22. The summed E-state index contributed by atoms with van der Waals surface area (Å²) in [5, 5.41) is 13.7. The van der Waals surface area contributed by atoms with Crippen LogP contribution in [-0.4, -0.2) is 53.1 Å². The zero-order valence-electron chi connectivity index (χ0n) is 11.8. The highest BCUT2D eigenvalue weighted by atomic mass is 16.6. The number of hydrogen-bond donors (Lipinski definition) is 1. The molecule has 8 nitrogen and oxygen atoms in total. The third-order valence-corrected chi connectivity index (χ3v) is 2.98. The number of anilines is 1. The lowest BCUT2D eigenvalue weighted by molar-refractivity contribution is -0.385. The summed E-state index contributed by atoms with van der Waals surface area (Å²) < 4.78 is 5.49. The summed E-state index contributed by atoms with van der Waals surface area (Å²) in [5.74, 6) is 0.108. The summed E-state index contributed by atoms with van der Waals surface area (Å²) >= 11 is 0. The Morgan fingerprint density at radius 3 is 2.58 bits per heavy atom. The highest BCUT2D eigenvalue weighted by Crippen LogP contribution is 2.30. The van der Waals surface area contributed by atoms with Crippen molar-refractivity contribution in [3.8, 4) is 5.88 Å². The topological polar surface area (TPSA) is 93.4 Å². The van der Waals surface area contributed by atoms with E-state index in [4.69, 9.17) is 4.74 Å². The first kappa shape index (κ1) is 15.1. The van der Waals surface area contributed by atoms with Gasteiger partial charge in [0.15, 0.2) is 0 Å². The van der Waals surface area contributed by atoms with E-state index in [1.54, 1.807) is 7.05 Å². The Morgan fingerprint density at radius 1 is 1.47 bits per heavy atom. The van der Waals surface area contributed by atoms with Crippen molar-refractivity contribution in [2.75, 3.05) is 33.1 Å². The molecule has 0 atom stereocenters. The molecular weight excluding hydrogens is 250 g/mol. The molecule has 0 saturated heterocycles. The molecule has 0 amide bonds. The summed E-state index contributed by atoms with van der Waals surface area (Å²) in [7, 11) is 5.39.